The highest BCUT2D eigenvalue weighted by Crippen LogP contribution is 2.17. The molecule has 3 aromatic rings. The van der Waals surface area contributed by atoms with Crippen LogP contribution < -0.4 is 4.90 Å². The third kappa shape index (κ3) is 2.79. The molecule has 4 heterocycles. The lowest BCUT2D eigenvalue weighted by Gasteiger charge is -2.34. The van der Waals surface area contributed by atoms with E-state index in [2.05, 4.69) is 15.1 Å². The molecule has 0 bridgehead atoms. The number of anilines is 1. The van der Waals surface area contributed by atoms with E-state index in [1.54, 1.807) is 11.3 Å². The molecule has 1 fully saturated rings. The summed E-state index contributed by atoms with van der Waals surface area (Å²) in [6, 6.07) is 9.87. The van der Waals surface area contributed by atoms with Crippen molar-refractivity contribution in [3.8, 4) is 0 Å². The Bertz CT molecular complexity index is 805. The predicted molar refractivity (Wildman–Crippen MR) is 89.8 cm³/mol. The smallest absolute Gasteiger partial charge is 0.231 e. The number of hydrogen-bond donors (Lipinski definition) is 0. The lowest BCUT2D eigenvalue weighted by Crippen LogP contribution is -2.49. The number of pyridine rings is 1. The van der Waals surface area contributed by atoms with Gasteiger partial charge in [0.2, 0.25) is 11.9 Å². The molecule has 1 amide bonds. The Morgan fingerprint density at radius 1 is 1.09 bits per heavy atom. The van der Waals surface area contributed by atoms with Crippen LogP contribution in [0.15, 0.2) is 41.9 Å². The summed E-state index contributed by atoms with van der Waals surface area (Å²) in [5.74, 6) is 1.06. The number of nitrogens with zero attached hydrogens (tertiary/aromatic N) is 5. The van der Waals surface area contributed by atoms with E-state index in [9.17, 15) is 4.79 Å². The molecule has 23 heavy (non-hydrogen) atoms. The first-order valence-corrected chi connectivity index (χ1v) is 8.54. The van der Waals surface area contributed by atoms with Crippen molar-refractivity contribution in [1.29, 1.82) is 0 Å². The second-order valence-corrected chi connectivity index (χ2v) is 6.59. The van der Waals surface area contributed by atoms with Gasteiger partial charge < -0.3 is 9.80 Å². The van der Waals surface area contributed by atoms with Crippen molar-refractivity contribution in [3.63, 3.8) is 0 Å². The fourth-order valence-corrected chi connectivity index (χ4v) is 3.57. The number of thiophene rings is 1. The Balaban J connectivity index is 1.42. The second-order valence-electron chi connectivity index (χ2n) is 5.55. The van der Waals surface area contributed by atoms with E-state index >= 15 is 0 Å². The van der Waals surface area contributed by atoms with Crippen LogP contribution in [-0.2, 0) is 11.2 Å². The zero-order valence-corrected chi connectivity index (χ0v) is 13.4. The zero-order valence-electron chi connectivity index (χ0n) is 12.6. The first kappa shape index (κ1) is 14.2. The Kier molecular flexibility index (Phi) is 3.70. The number of amides is 1. The molecule has 0 spiro atoms. The minimum Gasteiger partial charge on any atom is -0.339 e. The molecule has 0 saturated carbocycles. The highest BCUT2D eigenvalue weighted by Gasteiger charge is 2.23. The van der Waals surface area contributed by atoms with Crippen molar-refractivity contribution in [2.24, 2.45) is 0 Å². The van der Waals surface area contributed by atoms with Gasteiger partial charge in [-0.25, -0.2) is 0 Å². The summed E-state index contributed by atoms with van der Waals surface area (Å²) in [6.45, 7) is 3.02. The highest BCUT2D eigenvalue weighted by atomic mass is 32.1. The molecule has 0 aliphatic carbocycles. The minimum absolute atomic E-state index is 0.207. The topological polar surface area (TPSA) is 53.7 Å². The van der Waals surface area contributed by atoms with Crippen molar-refractivity contribution in [1.82, 2.24) is 19.5 Å². The molecule has 6 nitrogen and oxygen atoms in total. The van der Waals surface area contributed by atoms with E-state index in [-0.39, 0.29) is 5.91 Å². The van der Waals surface area contributed by atoms with Gasteiger partial charge in [0.25, 0.3) is 0 Å². The monoisotopic (exact) mass is 327 g/mol. The van der Waals surface area contributed by atoms with Gasteiger partial charge in [-0.05, 0) is 23.6 Å². The molecule has 4 rings (SSSR count). The molecular weight excluding hydrogens is 310 g/mol. The van der Waals surface area contributed by atoms with Crippen molar-refractivity contribution >= 4 is 28.8 Å². The molecule has 1 aliphatic rings. The normalized spacial score (nSPS) is 15.3. The summed E-state index contributed by atoms with van der Waals surface area (Å²) in [5.41, 5.74) is 0.846. The third-order valence-electron chi connectivity index (χ3n) is 4.12. The lowest BCUT2D eigenvalue weighted by molar-refractivity contribution is -0.130. The standard InChI is InChI=1S/C16H17N5OS/c22-15(12-13-4-3-11-23-13)19-7-9-20(10-8-19)16-18-17-14-5-1-2-6-21(14)16/h1-6,11H,7-10,12H2. The van der Waals surface area contributed by atoms with Gasteiger partial charge in [-0.3, -0.25) is 9.20 Å². The SMILES string of the molecule is O=C(Cc1cccs1)N1CCN(c2nnc3ccccn23)CC1. The molecule has 0 atom stereocenters. The summed E-state index contributed by atoms with van der Waals surface area (Å²) in [6.07, 6.45) is 2.48. The fraction of sp³-hybridized carbons (Fsp3) is 0.312. The molecule has 3 aromatic heterocycles. The first-order chi connectivity index (χ1) is 11.3. The first-order valence-electron chi connectivity index (χ1n) is 7.66. The van der Waals surface area contributed by atoms with Gasteiger partial charge in [-0.2, -0.15) is 0 Å². The molecule has 118 valence electrons. The van der Waals surface area contributed by atoms with E-state index in [0.29, 0.717) is 6.42 Å². The van der Waals surface area contributed by atoms with Crippen LogP contribution in [0.3, 0.4) is 0 Å². The van der Waals surface area contributed by atoms with Gasteiger partial charge in [0.05, 0.1) is 6.42 Å². The highest BCUT2D eigenvalue weighted by molar-refractivity contribution is 7.10. The zero-order chi connectivity index (χ0) is 15.6. The van der Waals surface area contributed by atoms with Crippen molar-refractivity contribution in [2.75, 3.05) is 31.1 Å². The maximum absolute atomic E-state index is 12.4. The number of aromatic nitrogens is 3. The minimum atomic E-state index is 0.207. The molecule has 7 heteroatoms. The number of hydrogen-bond acceptors (Lipinski definition) is 5. The molecule has 1 aliphatic heterocycles. The van der Waals surface area contributed by atoms with E-state index < -0.39 is 0 Å². The van der Waals surface area contributed by atoms with E-state index in [1.165, 1.54) is 0 Å². The van der Waals surface area contributed by atoms with Crippen LogP contribution in [0.25, 0.3) is 5.65 Å². The maximum Gasteiger partial charge on any atom is 0.231 e. The van der Waals surface area contributed by atoms with Gasteiger partial charge in [0.15, 0.2) is 5.65 Å². The Morgan fingerprint density at radius 2 is 1.96 bits per heavy atom. The van der Waals surface area contributed by atoms with Crippen LogP contribution in [0.1, 0.15) is 4.88 Å². The number of carbonyl (C=O) groups excluding carboxylic acids is 1. The van der Waals surface area contributed by atoms with Gasteiger partial charge in [-0.1, -0.05) is 12.1 Å². The third-order valence-corrected chi connectivity index (χ3v) is 4.99. The maximum atomic E-state index is 12.4. The van der Waals surface area contributed by atoms with Crippen molar-refractivity contribution in [2.45, 2.75) is 6.42 Å². The van der Waals surface area contributed by atoms with Gasteiger partial charge in [0, 0.05) is 37.3 Å². The molecular formula is C16H17N5OS. The Hall–Kier alpha value is -2.41. The van der Waals surface area contributed by atoms with Crippen LogP contribution in [-0.4, -0.2) is 51.6 Å². The number of piperazine rings is 1. The van der Waals surface area contributed by atoms with Gasteiger partial charge in [-0.15, -0.1) is 21.5 Å². The van der Waals surface area contributed by atoms with Gasteiger partial charge in [0.1, 0.15) is 0 Å². The summed E-state index contributed by atoms with van der Waals surface area (Å²) < 4.78 is 1.99. The molecule has 1 saturated heterocycles. The van der Waals surface area contributed by atoms with Crippen LogP contribution in [0.2, 0.25) is 0 Å². The summed E-state index contributed by atoms with van der Waals surface area (Å²) >= 11 is 1.64. The van der Waals surface area contributed by atoms with E-state index in [4.69, 9.17) is 0 Å². The quantitative estimate of drug-likeness (QED) is 0.734. The van der Waals surface area contributed by atoms with Crippen LogP contribution in [0, 0.1) is 0 Å². The molecule has 0 radical (unpaired) electrons. The average Bonchev–Trinajstić information content (AvgIpc) is 3.24. The lowest BCUT2D eigenvalue weighted by atomic mass is 10.2. The van der Waals surface area contributed by atoms with E-state index in [0.717, 1.165) is 42.7 Å². The Labute approximate surface area is 138 Å². The van der Waals surface area contributed by atoms with Crippen molar-refractivity contribution < 1.29 is 4.79 Å². The average molecular weight is 327 g/mol. The van der Waals surface area contributed by atoms with Crippen molar-refractivity contribution in [3.05, 3.63) is 46.8 Å². The Morgan fingerprint density at radius 3 is 2.74 bits per heavy atom. The number of carbonyl (C=O) groups is 1. The van der Waals surface area contributed by atoms with Crippen LogP contribution in [0.4, 0.5) is 5.95 Å². The molecule has 0 unspecified atom stereocenters. The summed E-state index contributed by atoms with van der Waals surface area (Å²) in [4.78, 5) is 17.6. The molecule has 0 aromatic carbocycles. The van der Waals surface area contributed by atoms with Crippen LogP contribution in [0.5, 0.6) is 0 Å². The second kappa shape index (κ2) is 6.00. The molecule has 0 N–H and O–H groups in total. The number of fused-ring (bicyclic) bond motifs is 1. The van der Waals surface area contributed by atoms with E-state index in [1.807, 2.05) is 51.2 Å². The summed E-state index contributed by atoms with van der Waals surface area (Å²) in [7, 11) is 0. The predicted octanol–water partition coefficient (Wildman–Crippen LogP) is 1.68. The van der Waals surface area contributed by atoms with Gasteiger partial charge >= 0.3 is 0 Å². The largest absolute Gasteiger partial charge is 0.339 e. The number of rotatable bonds is 3. The summed E-state index contributed by atoms with van der Waals surface area (Å²) in [5, 5.41) is 10.5. The van der Waals surface area contributed by atoms with Crippen LogP contribution >= 0.6 is 11.3 Å². The fourth-order valence-electron chi connectivity index (χ4n) is 2.87.